The van der Waals surface area contributed by atoms with Gasteiger partial charge in [0.2, 0.25) is 0 Å². The molecule has 3 nitrogen and oxygen atoms in total. The molecule has 1 aliphatic rings. The Morgan fingerprint density at radius 1 is 1.40 bits per heavy atom. The molecule has 0 amide bonds. The van der Waals surface area contributed by atoms with Gasteiger partial charge in [-0.05, 0) is 32.6 Å². The standard InChI is InChI=1S/C7H13.C5H10O3/c1-7-5-3-2-4-6-7;1-3-8-5(7)4(2)6/h2-6H2,1H3;4,6H,3H2,1-2H3. The molecule has 1 atom stereocenters. The van der Waals surface area contributed by atoms with Crippen molar-refractivity contribution in [2.45, 2.75) is 59.0 Å². The molecule has 1 aliphatic carbocycles. The molecule has 1 rings (SSSR count). The lowest BCUT2D eigenvalue weighted by Crippen LogP contribution is -2.18. The molecule has 89 valence electrons. The second kappa shape index (κ2) is 8.72. The van der Waals surface area contributed by atoms with Gasteiger partial charge in [-0.25, -0.2) is 4.79 Å². The van der Waals surface area contributed by atoms with E-state index in [2.05, 4.69) is 11.7 Å². The average Bonchev–Trinajstić information content (AvgIpc) is 2.20. The zero-order valence-electron chi connectivity index (χ0n) is 10.1. The third kappa shape index (κ3) is 8.43. The van der Waals surface area contributed by atoms with Gasteiger partial charge in [0.25, 0.3) is 0 Å². The number of ether oxygens (including phenoxy) is 1. The van der Waals surface area contributed by atoms with Gasteiger partial charge in [-0.2, -0.15) is 0 Å². The van der Waals surface area contributed by atoms with Gasteiger partial charge in [-0.3, -0.25) is 0 Å². The first-order chi connectivity index (χ1) is 7.07. The van der Waals surface area contributed by atoms with Crippen LogP contribution in [-0.4, -0.2) is 23.8 Å². The minimum Gasteiger partial charge on any atom is -0.464 e. The minimum atomic E-state index is -0.991. The maximum Gasteiger partial charge on any atom is 0.334 e. The Kier molecular flexibility index (Phi) is 8.38. The Morgan fingerprint density at radius 3 is 2.13 bits per heavy atom. The van der Waals surface area contributed by atoms with Crippen molar-refractivity contribution in [2.75, 3.05) is 6.61 Å². The summed E-state index contributed by atoms with van der Waals surface area (Å²) in [4.78, 5) is 10.3. The summed E-state index contributed by atoms with van der Waals surface area (Å²) < 4.78 is 4.41. The highest BCUT2D eigenvalue weighted by molar-refractivity contribution is 5.73. The summed E-state index contributed by atoms with van der Waals surface area (Å²) in [5, 5.41) is 8.48. The maximum atomic E-state index is 10.3. The highest BCUT2D eigenvalue weighted by Crippen LogP contribution is 2.23. The number of aliphatic hydroxyl groups excluding tert-OH is 1. The number of carbonyl (C=O) groups is 1. The lowest BCUT2D eigenvalue weighted by atomic mass is 9.91. The number of aliphatic hydroxyl groups is 1. The van der Waals surface area contributed by atoms with E-state index in [1.165, 1.54) is 39.0 Å². The molecular formula is C12H23O3. The largest absolute Gasteiger partial charge is 0.464 e. The van der Waals surface area contributed by atoms with E-state index in [4.69, 9.17) is 5.11 Å². The summed E-state index contributed by atoms with van der Waals surface area (Å²) in [5.41, 5.74) is 0. The molecule has 3 heteroatoms. The van der Waals surface area contributed by atoms with E-state index in [0.29, 0.717) is 6.61 Å². The van der Waals surface area contributed by atoms with E-state index in [9.17, 15) is 4.79 Å². The van der Waals surface area contributed by atoms with Crippen molar-refractivity contribution in [3.8, 4) is 0 Å². The van der Waals surface area contributed by atoms with Crippen LogP contribution in [0.2, 0.25) is 0 Å². The van der Waals surface area contributed by atoms with Crippen LogP contribution in [0, 0.1) is 5.92 Å². The first kappa shape index (κ1) is 14.4. The monoisotopic (exact) mass is 215 g/mol. The molecule has 0 spiro atoms. The van der Waals surface area contributed by atoms with Crippen LogP contribution in [0.3, 0.4) is 0 Å². The zero-order valence-corrected chi connectivity index (χ0v) is 10.1. The second-order valence-corrected chi connectivity index (χ2v) is 3.95. The van der Waals surface area contributed by atoms with E-state index in [1.54, 1.807) is 12.8 Å². The molecule has 1 radical (unpaired) electrons. The van der Waals surface area contributed by atoms with Gasteiger partial charge < -0.3 is 9.84 Å². The third-order valence-electron chi connectivity index (χ3n) is 2.33. The quantitative estimate of drug-likeness (QED) is 0.720. The highest BCUT2D eigenvalue weighted by Gasteiger charge is 2.07. The summed E-state index contributed by atoms with van der Waals surface area (Å²) in [6, 6.07) is 0. The molecule has 1 fully saturated rings. The van der Waals surface area contributed by atoms with Crippen LogP contribution in [0.5, 0.6) is 0 Å². The Hall–Kier alpha value is -0.570. The fourth-order valence-electron chi connectivity index (χ4n) is 1.42. The third-order valence-corrected chi connectivity index (χ3v) is 2.33. The molecule has 1 unspecified atom stereocenters. The van der Waals surface area contributed by atoms with Crippen LogP contribution in [0.1, 0.15) is 52.9 Å². The van der Waals surface area contributed by atoms with Crippen LogP contribution >= 0.6 is 0 Å². The van der Waals surface area contributed by atoms with Crippen molar-refractivity contribution in [1.82, 2.24) is 0 Å². The van der Waals surface area contributed by atoms with Crippen LogP contribution in [0.25, 0.3) is 0 Å². The molecule has 0 bridgehead atoms. The van der Waals surface area contributed by atoms with Gasteiger partial charge >= 0.3 is 5.97 Å². The Balaban J connectivity index is 0.000000262. The van der Waals surface area contributed by atoms with E-state index in [-0.39, 0.29) is 0 Å². The predicted octanol–water partition coefficient (Wildman–Crippen LogP) is 2.48. The lowest BCUT2D eigenvalue weighted by molar-refractivity contribution is -0.151. The Morgan fingerprint density at radius 2 is 1.93 bits per heavy atom. The molecule has 0 aromatic rings. The minimum absolute atomic E-state index is 0.323. The second-order valence-electron chi connectivity index (χ2n) is 3.95. The SMILES string of the molecule is CCOC(=O)C(C)O.C[C]1CCCCC1. The normalized spacial score (nSPS) is 18.7. The molecule has 0 aliphatic heterocycles. The molecule has 1 saturated carbocycles. The Labute approximate surface area is 92.8 Å². The topological polar surface area (TPSA) is 46.5 Å². The molecule has 0 heterocycles. The molecule has 0 aromatic heterocycles. The van der Waals surface area contributed by atoms with Gasteiger partial charge in [0.1, 0.15) is 6.10 Å². The van der Waals surface area contributed by atoms with Gasteiger partial charge in [-0.1, -0.05) is 26.2 Å². The summed E-state index contributed by atoms with van der Waals surface area (Å²) in [5.74, 6) is 1.15. The van der Waals surface area contributed by atoms with Crippen LogP contribution < -0.4 is 0 Å². The maximum absolute atomic E-state index is 10.3. The van der Waals surface area contributed by atoms with Crippen molar-refractivity contribution >= 4 is 5.97 Å². The van der Waals surface area contributed by atoms with Gasteiger partial charge in [0.15, 0.2) is 0 Å². The number of carbonyl (C=O) groups excluding carboxylic acids is 1. The number of esters is 1. The van der Waals surface area contributed by atoms with Crippen molar-refractivity contribution in [3.63, 3.8) is 0 Å². The summed E-state index contributed by atoms with van der Waals surface area (Å²) in [6.07, 6.45) is 6.18. The summed E-state index contributed by atoms with van der Waals surface area (Å²) in [7, 11) is 0. The number of hydrogen-bond acceptors (Lipinski definition) is 3. The van der Waals surface area contributed by atoms with Gasteiger partial charge in [0, 0.05) is 0 Å². The van der Waals surface area contributed by atoms with Crippen molar-refractivity contribution in [1.29, 1.82) is 0 Å². The van der Waals surface area contributed by atoms with Gasteiger partial charge in [-0.15, -0.1) is 0 Å². The predicted molar refractivity (Wildman–Crippen MR) is 60.3 cm³/mol. The van der Waals surface area contributed by atoms with Crippen molar-refractivity contribution in [3.05, 3.63) is 5.92 Å². The molecule has 15 heavy (non-hydrogen) atoms. The van der Waals surface area contributed by atoms with Crippen molar-refractivity contribution < 1.29 is 14.6 Å². The first-order valence-corrected chi connectivity index (χ1v) is 5.74. The van der Waals surface area contributed by atoms with Gasteiger partial charge in [0.05, 0.1) is 6.61 Å². The van der Waals surface area contributed by atoms with E-state index in [0.717, 1.165) is 0 Å². The smallest absolute Gasteiger partial charge is 0.334 e. The molecule has 1 N–H and O–H groups in total. The fourth-order valence-corrected chi connectivity index (χ4v) is 1.42. The van der Waals surface area contributed by atoms with E-state index < -0.39 is 12.1 Å². The first-order valence-electron chi connectivity index (χ1n) is 5.74. The number of rotatable bonds is 2. The fraction of sp³-hybridized carbons (Fsp3) is 0.833. The lowest BCUT2D eigenvalue weighted by Gasteiger charge is -2.14. The van der Waals surface area contributed by atoms with Crippen molar-refractivity contribution in [2.24, 2.45) is 0 Å². The molecule has 0 aromatic carbocycles. The molecular weight excluding hydrogens is 192 g/mol. The Bertz CT molecular complexity index is 160. The van der Waals surface area contributed by atoms with Crippen LogP contribution in [-0.2, 0) is 9.53 Å². The summed E-state index contributed by atoms with van der Waals surface area (Å²) >= 11 is 0. The molecule has 0 saturated heterocycles. The average molecular weight is 215 g/mol. The van der Waals surface area contributed by atoms with Crippen LogP contribution in [0.4, 0.5) is 0 Å². The van der Waals surface area contributed by atoms with E-state index in [1.807, 2.05) is 0 Å². The number of hydrogen-bond donors (Lipinski definition) is 1. The summed E-state index contributed by atoms with van der Waals surface area (Å²) in [6.45, 7) is 5.67. The zero-order chi connectivity index (χ0) is 11.7. The van der Waals surface area contributed by atoms with E-state index >= 15 is 0 Å². The highest BCUT2D eigenvalue weighted by atomic mass is 16.5. The van der Waals surface area contributed by atoms with Crippen LogP contribution in [0.15, 0.2) is 0 Å².